The SMILES string of the molecule is CC1CCC(NC(=O)c2ccc(NN)cc2)C1C. The molecule has 0 bridgehead atoms. The van der Waals surface area contributed by atoms with Crippen molar-refractivity contribution in [3.8, 4) is 0 Å². The number of nitrogens with one attached hydrogen (secondary N) is 2. The van der Waals surface area contributed by atoms with Gasteiger partial charge in [-0.05, 0) is 48.9 Å². The van der Waals surface area contributed by atoms with Crippen molar-refractivity contribution in [2.45, 2.75) is 32.7 Å². The highest BCUT2D eigenvalue weighted by Gasteiger charge is 2.30. The van der Waals surface area contributed by atoms with E-state index in [1.54, 1.807) is 24.3 Å². The smallest absolute Gasteiger partial charge is 0.251 e. The fourth-order valence-corrected chi connectivity index (χ4v) is 2.54. The molecule has 3 unspecified atom stereocenters. The van der Waals surface area contributed by atoms with Crippen molar-refractivity contribution in [3.63, 3.8) is 0 Å². The van der Waals surface area contributed by atoms with Crippen LogP contribution in [0.1, 0.15) is 37.0 Å². The van der Waals surface area contributed by atoms with E-state index in [-0.39, 0.29) is 5.91 Å². The number of nitrogens with two attached hydrogens (primary N) is 1. The van der Waals surface area contributed by atoms with Crippen molar-refractivity contribution in [1.29, 1.82) is 0 Å². The summed E-state index contributed by atoms with van der Waals surface area (Å²) in [5, 5.41) is 3.12. The Morgan fingerprint density at radius 3 is 2.39 bits per heavy atom. The number of carbonyl (C=O) groups excluding carboxylic acids is 1. The fraction of sp³-hybridized carbons (Fsp3) is 0.500. The number of benzene rings is 1. The zero-order chi connectivity index (χ0) is 13.1. The molecule has 0 spiro atoms. The Morgan fingerprint density at radius 2 is 1.89 bits per heavy atom. The van der Waals surface area contributed by atoms with E-state index in [0.29, 0.717) is 23.4 Å². The maximum Gasteiger partial charge on any atom is 0.251 e. The third-order valence-corrected chi connectivity index (χ3v) is 4.10. The molecular formula is C14H21N3O. The van der Waals surface area contributed by atoms with Gasteiger partial charge in [-0.15, -0.1) is 0 Å². The highest BCUT2D eigenvalue weighted by molar-refractivity contribution is 5.94. The van der Waals surface area contributed by atoms with Crippen LogP contribution >= 0.6 is 0 Å². The highest BCUT2D eigenvalue weighted by Crippen LogP contribution is 2.31. The normalized spacial score (nSPS) is 26.9. The monoisotopic (exact) mass is 247 g/mol. The first-order chi connectivity index (χ1) is 8.61. The first-order valence-electron chi connectivity index (χ1n) is 6.49. The van der Waals surface area contributed by atoms with Gasteiger partial charge in [0.25, 0.3) is 5.91 Å². The minimum absolute atomic E-state index is 0.00419. The average molecular weight is 247 g/mol. The van der Waals surface area contributed by atoms with Gasteiger partial charge in [0.05, 0.1) is 0 Å². The second-order valence-electron chi connectivity index (χ2n) is 5.22. The molecule has 98 valence electrons. The molecule has 0 aromatic heterocycles. The van der Waals surface area contributed by atoms with E-state index in [4.69, 9.17) is 5.84 Å². The number of amides is 1. The quantitative estimate of drug-likeness (QED) is 0.566. The molecule has 0 heterocycles. The number of hydrogen-bond donors (Lipinski definition) is 3. The molecule has 3 atom stereocenters. The molecule has 4 nitrogen and oxygen atoms in total. The van der Waals surface area contributed by atoms with Gasteiger partial charge in [-0.2, -0.15) is 0 Å². The van der Waals surface area contributed by atoms with E-state index in [0.717, 1.165) is 12.1 Å². The van der Waals surface area contributed by atoms with Gasteiger partial charge in [-0.25, -0.2) is 0 Å². The van der Waals surface area contributed by atoms with Crippen LogP contribution in [0.2, 0.25) is 0 Å². The van der Waals surface area contributed by atoms with Crippen molar-refractivity contribution in [2.75, 3.05) is 5.43 Å². The van der Waals surface area contributed by atoms with Crippen molar-refractivity contribution < 1.29 is 4.79 Å². The van der Waals surface area contributed by atoms with Crippen molar-refractivity contribution in [1.82, 2.24) is 5.32 Å². The number of rotatable bonds is 3. The number of nitrogen functional groups attached to an aromatic ring is 1. The third-order valence-electron chi connectivity index (χ3n) is 4.10. The van der Waals surface area contributed by atoms with Crippen LogP contribution in [0.5, 0.6) is 0 Å². The molecule has 1 amide bonds. The van der Waals surface area contributed by atoms with Gasteiger partial charge in [0.1, 0.15) is 0 Å². The lowest BCUT2D eigenvalue weighted by Gasteiger charge is -2.19. The molecule has 1 aliphatic rings. The van der Waals surface area contributed by atoms with E-state index in [2.05, 4.69) is 24.6 Å². The van der Waals surface area contributed by atoms with Gasteiger partial charge >= 0.3 is 0 Å². The minimum Gasteiger partial charge on any atom is -0.349 e. The van der Waals surface area contributed by atoms with Crippen LogP contribution in [-0.2, 0) is 0 Å². The van der Waals surface area contributed by atoms with Crippen molar-refractivity contribution in [3.05, 3.63) is 29.8 Å². The maximum absolute atomic E-state index is 12.1. The zero-order valence-electron chi connectivity index (χ0n) is 10.9. The lowest BCUT2D eigenvalue weighted by molar-refractivity contribution is 0.0927. The van der Waals surface area contributed by atoms with Crippen LogP contribution in [-0.4, -0.2) is 11.9 Å². The van der Waals surface area contributed by atoms with Gasteiger partial charge in [0.2, 0.25) is 0 Å². The molecule has 1 saturated carbocycles. The predicted octanol–water partition coefficient (Wildman–Crippen LogP) is 2.14. The Bertz CT molecular complexity index is 416. The van der Waals surface area contributed by atoms with Crippen LogP contribution in [0, 0.1) is 11.8 Å². The van der Waals surface area contributed by atoms with Gasteiger partial charge in [0, 0.05) is 17.3 Å². The van der Waals surface area contributed by atoms with Gasteiger partial charge in [-0.1, -0.05) is 13.8 Å². The Kier molecular flexibility index (Phi) is 3.87. The maximum atomic E-state index is 12.1. The summed E-state index contributed by atoms with van der Waals surface area (Å²) < 4.78 is 0. The van der Waals surface area contributed by atoms with Crippen LogP contribution in [0.4, 0.5) is 5.69 Å². The largest absolute Gasteiger partial charge is 0.349 e. The molecule has 0 saturated heterocycles. The summed E-state index contributed by atoms with van der Waals surface area (Å²) in [5.74, 6) is 6.54. The molecule has 1 fully saturated rings. The second-order valence-corrected chi connectivity index (χ2v) is 5.22. The minimum atomic E-state index is 0.00419. The zero-order valence-corrected chi connectivity index (χ0v) is 10.9. The van der Waals surface area contributed by atoms with Crippen LogP contribution in [0.15, 0.2) is 24.3 Å². The summed E-state index contributed by atoms with van der Waals surface area (Å²) in [6.45, 7) is 4.46. The van der Waals surface area contributed by atoms with Crippen molar-refractivity contribution in [2.24, 2.45) is 17.7 Å². The molecule has 1 aromatic carbocycles. The van der Waals surface area contributed by atoms with Gasteiger partial charge < -0.3 is 10.7 Å². The summed E-state index contributed by atoms with van der Waals surface area (Å²) in [6.07, 6.45) is 2.28. The molecule has 4 heteroatoms. The highest BCUT2D eigenvalue weighted by atomic mass is 16.1. The van der Waals surface area contributed by atoms with Crippen molar-refractivity contribution >= 4 is 11.6 Å². The molecule has 18 heavy (non-hydrogen) atoms. The van der Waals surface area contributed by atoms with E-state index in [9.17, 15) is 4.79 Å². The Labute approximate surface area is 108 Å². The van der Waals surface area contributed by atoms with Gasteiger partial charge in [0.15, 0.2) is 0 Å². The van der Waals surface area contributed by atoms with Crippen LogP contribution in [0.25, 0.3) is 0 Å². The lowest BCUT2D eigenvalue weighted by atomic mass is 9.97. The second kappa shape index (κ2) is 5.40. The third kappa shape index (κ3) is 2.64. The molecule has 0 aliphatic heterocycles. The average Bonchev–Trinajstić information content (AvgIpc) is 2.71. The van der Waals surface area contributed by atoms with Crippen LogP contribution in [0.3, 0.4) is 0 Å². The molecular weight excluding hydrogens is 226 g/mol. The number of carbonyl (C=O) groups is 1. The van der Waals surface area contributed by atoms with E-state index in [1.165, 1.54) is 6.42 Å². The summed E-state index contributed by atoms with van der Waals surface area (Å²) in [5.41, 5.74) is 4.03. The Hall–Kier alpha value is -1.55. The van der Waals surface area contributed by atoms with E-state index < -0.39 is 0 Å². The Morgan fingerprint density at radius 1 is 1.22 bits per heavy atom. The summed E-state index contributed by atoms with van der Waals surface area (Å²) in [4.78, 5) is 12.1. The number of hydrazine groups is 1. The Balaban J connectivity index is 1.99. The summed E-state index contributed by atoms with van der Waals surface area (Å²) in [7, 11) is 0. The molecule has 1 aromatic rings. The predicted molar refractivity (Wildman–Crippen MR) is 73.1 cm³/mol. The fourth-order valence-electron chi connectivity index (χ4n) is 2.54. The molecule has 1 aliphatic carbocycles. The van der Waals surface area contributed by atoms with Gasteiger partial charge in [-0.3, -0.25) is 10.6 Å². The standard InChI is InChI=1S/C14H21N3O/c1-9-3-8-13(10(9)2)16-14(18)11-4-6-12(17-15)7-5-11/h4-7,9-10,13,17H,3,8,15H2,1-2H3,(H,16,18). The summed E-state index contributed by atoms with van der Waals surface area (Å²) in [6, 6.07) is 7.48. The number of hydrogen-bond acceptors (Lipinski definition) is 3. The first kappa shape index (κ1) is 12.9. The van der Waals surface area contributed by atoms with E-state index in [1.807, 2.05) is 0 Å². The van der Waals surface area contributed by atoms with E-state index >= 15 is 0 Å². The molecule has 4 N–H and O–H groups in total. The van der Waals surface area contributed by atoms with Crippen LogP contribution < -0.4 is 16.6 Å². The molecule has 2 rings (SSSR count). The lowest BCUT2D eigenvalue weighted by Crippen LogP contribution is -2.37. The topological polar surface area (TPSA) is 67.2 Å². The summed E-state index contributed by atoms with van der Waals surface area (Å²) >= 11 is 0. The first-order valence-corrected chi connectivity index (χ1v) is 6.49. The molecule has 0 radical (unpaired) electrons. The number of anilines is 1.